The molecule has 4 rings (SSSR count). The summed E-state index contributed by atoms with van der Waals surface area (Å²) in [7, 11) is 0. The second kappa shape index (κ2) is 13.8. The third-order valence-corrected chi connectivity index (χ3v) is 7.65. The molecule has 0 aromatic heterocycles. The summed E-state index contributed by atoms with van der Waals surface area (Å²) in [5.74, 6) is 0.257. The van der Waals surface area contributed by atoms with E-state index < -0.39 is 33.7 Å². The minimum Gasteiger partial charge on any atom is -0.481 e. The third-order valence-electron chi connectivity index (χ3n) is 7.65. The van der Waals surface area contributed by atoms with Crippen LogP contribution in [0.15, 0.2) is 71.7 Å². The first kappa shape index (κ1) is 34.9. The molecule has 1 aliphatic rings. The highest BCUT2D eigenvalue weighted by Crippen LogP contribution is 2.37. The standard InChI is InChI=1S/C35H43N5O7/c1-22-30(36)39-28-19-26(12-15-29(28)45-22)35(37,31(41)46-33(2,3)4)20-24-8-7-9-25(18-24)21-38-32(42)47-34(5,6)17-16-23-10-13-27(14-11-23)40(43)44/h7-15,18-19,22H,16-17,20-21,37H2,1-6H3,(H2,36,39)(H,38,42). The predicted molar refractivity (Wildman–Crippen MR) is 178 cm³/mol. The van der Waals surface area contributed by atoms with E-state index in [0.29, 0.717) is 35.7 Å². The van der Waals surface area contributed by atoms with Crippen LogP contribution < -0.4 is 21.5 Å². The summed E-state index contributed by atoms with van der Waals surface area (Å²) in [6.45, 7) is 10.9. The molecule has 2 unspecified atom stereocenters. The number of hydrogen-bond donors (Lipinski definition) is 3. The van der Waals surface area contributed by atoms with Crippen molar-refractivity contribution in [3.63, 3.8) is 0 Å². The minimum absolute atomic E-state index is 0.0263. The highest BCUT2D eigenvalue weighted by atomic mass is 16.6. The van der Waals surface area contributed by atoms with Crippen LogP contribution in [0, 0.1) is 10.1 Å². The number of alkyl carbamates (subject to hydrolysis) is 1. The number of fused-ring (bicyclic) bond motifs is 1. The first-order valence-electron chi connectivity index (χ1n) is 15.4. The number of nitro benzene ring substituents is 1. The number of nitrogens with zero attached hydrogens (tertiary/aromatic N) is 2. The van der Waals surface area contributed by atoms with E-state index in [-0.39, 0.29) is 24.8 Å². The van der Waals surface area contributed by atoms with Crippen molar-refractivity contribution in [2.75, 3.05) is 0 Å². The summed E-state index contributed by atoms with van der Waals surface area (Å²) in [4.78, 5) is 41.3. The smallest absolute Gasteiger partial charge is 0.407 e. The summed E-state index contributed by atoms with van der Waals surface area (Å²) in [6, 6.07) is 18.9. The Bertz CT molecular complexity index is 1660. The second-order valence-corrected chi connectivity index (χ2v) is 13.4. The molecule has 0 saturated carbocycles. The van der Waals surface area contributed by atoms with Gasteiger partial charge in [-0.05, 0) is 88.8 Å². The number of aryl methyl sites for hydroxylation is 1. The lowest BCUT2D eigenvalue weighted by Gasteiger charge is -2.32. The molecule has 3 aromatic carbocycles. The van der Waals surface area contributed by atoms with Gasteiger partial charge in [-0.25, -0.2) is 14.6 Å². The lowest BCUT2D eigenvalue weighted by atomic mass is 9.83. The number of benzene rings is 3. The fourth-order valence-electron chi connectivity index (χ4n) is 5.04. The summed E-state index contributed by atoms with van der Waals surface area (Å²) >= 11 is 0. The lowest BCUT2D eigenvalue weighted by Crippen LogP contribution is -2.50. The van der Waals surface area contributed by atoms with E-state index in [1.54, 1.807) is 58.0 Å². The summed E-state index contributed by atoms with van der Waals surface area (Å²) in [6.07, 6.45) is 0.239. The molecule has 0 fully saturated rings. The van der Waals surface area contributed by atoms with Gasteiger partial charge in [0.15, 0.2) is 6.10 Å². The van der Waals surface area contributed by atoms with Crippen molar-refractivity contribution in [2.45, 2.75) is 90.2 Å². The number of carbonyl (C=O) groups is 2. The molecule has 0 spiro atoms. The van der Waals surface area contributed by atoms with Crippen LogP contribution in [-0.4, -0.2) is 40.1 Å². The van der Waals surface area contributed by atoms with Crippen molar-refractivity contribution in [1.29, 1.82) is 0 Å². The molecule has 5 N–H and O–H groups in total. The van der Waals surface area contributed by atoms with Gasteiger partial charge in [-0.3, -0.25) is 10.1 Å². The van der Waals surface area contributed by atoms with Crippen LogP contribution in [0.25, 0.3) is 0 Å². The molecule has 250 valence electrons. The average molecular weight is 646 g/mol. The van der Waals surface area contributed by atoms with Gasteiger partial charge in [0.05, 0.1) is 4.92 Å². The Morgan fingerprint density at radius 3 is 2.32 bits per heavy atom. The Labute approximate surface area is 274 Å². The van der Waals surface area contributed by atoms with Crippen LogP contribution in [-0.2, 0) is 39.2 Å². The first-order valence-corrected chi connectivity index (χ1v) is 15.4. The number of nitrogens with two attached hydrogens (primary N) is 2. The Hall–Kier alpha value is -4.97. The van der Waals surface area contributed by atoms with E-state index >= 15 is 0 Å². The monoisotopic (exact) mass is 645 g/mol. The van der Waals surface area contributed by atoms with Gasteiger partial charge in [0.25, 0.3) is 5.69 Å². The summed E-state index contributed by atoms with van der Waals surface area (Å²) in [5, 5.41) is 13.7. The molecule has 0 bridgehead atoms. The lowest BCUT2D eigenvalue weighted by molar-refractivity contribution is -0.384. The molecule has 0 saturated heterocycles. The molecule has 3 aromatic rings. The van der Waals surface area contributed by atoms with Gasteiger partial charge in [-0.2, -0.15) is 0 Å². The SMILES string of the molecule is CC1Oc2ccc(C(N)(Cc3cccc(CNC(=O)OC(C)(C)CCc4ccc([N+](=O)[O-])cc4)c3)C(=O)OC(C)(C)C)cc2N=C1N. The predicted octanol–water partition coefficient (Wildman–Crippen LogP) is 5.74. The van der Waals surface area contributed by atoms with Gasteiger partial charge in [0.1, 0.15) is 34.0 Å². The maximum Gasteiger partial charge on any atom is 0.407 e. The number of amides is 1. The van der Waals surface area contributed by atoms with Gasteiger partial charge >= 0.3 is 12.1 Å². The van der Waals surface area contributed by atoms with Gasteiger partial charge < -0.3 is 31.0 Å². The third kappa shape index (κ3) is 9.29. The number of aliphatic imine (C=N–C) groups is 1. The molecule has 47 heavy (non-hydrogen) atoms. The van der Waals surface area contributed by atoms with Crippen LogP contribution in [0.5, 0.6) is 5.75 Å². The highest BCUT2D eigenvalue weighted by Gasteiger charge is 2.41. The van der Waals surface area contributed by atoms with Crippen LogP contribution in [0.1, 0.15) is 70.2 Å². The zero-order valence-electron chi connectivity index (χ0n) is 27.7. The Morgan fingerprint density at radius 1 is 0.979 bits per heavy atom. The fraction of sp³-hybridized carbons (Fsp3) is 0.400. The quantitative estimate of drug-likeness (QED) is 0.133. The van der Waals surface area contributed by atoms with Crippen molar-refractivity contribution in [3.8, 4) is 5.75 Å². The van der Waals surface area contributed by atoms with E-state index in [1.807, 2.05) is 38.1 Å². The number of non-ortho nitro benzene ring substituents is 1. The summed E-state index contributed by atoms with van der Waals surface area (Å²) in [5.41, 5.74) is 13.2. The molecular formula is C35H43N5O7. The normalized spacial score (nSPS) is 15.7. The number of hydrogen-bond acceptors (Lipinski definition) is 10. The number of carbonyl (C=O) groups excluding carboxylic acids is 2. The van der Waals surface area contributed by atoms with Crippen LogP contribution in [0.4, 0.5) is 16.2 Å². The van der Waals surface area contributed by atoms with Gasteiger partial charge in [0, 0.05) is 25.1 Å². The highest BCUT2D eigenvalue weighted by molar-refractivity contribution is 5.90. The minimum atomic E-state index is -1.58. The number of rotatable bonds is 11. The molecule has 0 aliphatic carbocycles. The van der Waals surface area contributed by atoms with Crippen LogP contribution >= 0.6 is 0 Å². The molecule has 1 aliphatic heterocycles. The Balaban J connectivity index is 1.44. The summed E-state index contributed by atoms with van der Waals surface area (Å²) < 4.78 is 17.3. The zero-order chi connectivity index (χ0) is 34.6. The molecule has 0 radical (unpaired) electrons. The van der Waals surface area contributed by atoms with Crippen molar-refractivity contribution >= 4 is 29.3 Å². The molecular weight excluding hydrogens is 602 g/mol. The van der Waals surface area contributed by atoms with E-state index in [1.165, 1.54) is 12.1 Å². The Kier molecular flexibility index (Phi) is 10.2. The molecule has 12 nitrogen and oxygen atoms in total. The Morgan fingerprint density at radius 2 is 1.66 bits per heavy atom. The van der Waals surface area contributed by atoms with Crippen molar-refractivity contribution in [1.82, 2.24) is 5.32 Å². The van der Waals surface area contributed by atoms with Gasteiger partial charge in [-0.1, -0.05) is 42.5 Å². The molecule has 1 amide bonds. The number of amidine groups is 1. The maximum atomic E-state index is 13.6. The molecule has 1 heterocycles. The average Bonchev–Trinajstić information content (AvgIpc) is 2.98. The zero-order valence-corrected chi connectivity index (χ0v) is 27.7. The maximum absolute atomic E-state index is 13.6. The van der Waals surface area contributed by atoms with Gasteiger partial charge in [-0.15, -0.1) is 0 Å². The van der Waals surface area contributed by atoms with Gasteiger partial charge in [0.2, 0.25) is 0 Å². The van der Waals surface area contributed by atoms with E-state index in [4.69, 9.17) is 25.7 Å². The fourth-order valence-corrected chi connectivity index (χ4v) is 5.04. The second-order valence-electron chi connectivity index (χ2n) is 13.4. The first-order chi connectivity index (χ1) is 21.9. The van der Waals surface area contributed by atoms with Crippen molar-refractivity contribution in [2.24, 2.45) is 16.5 Å². The van der Waals surface area contributed by atoms with E-state index in [9.17, 15) is 19.7 Å². The number of ether oxygens (including phenoxy) is 3. The number of esters is 1. The number of nitro groups is 1. The molecule has 12 heteroatoms. The number of nitrogens with one attached hydrogen (secondary N) is 1. The van der Waals surface area contributed by atoms with Crippen LogP contribution in [0.2, 0.25) is 0 Å². The topological polar surface area (TPSA) is 181 Å². The van der Waals surface area contributed by atoms with E-state index in [2.05, 4.69) is 10.3 Å². The molecule has 2 atom stereocenters. The van der Waals surface area contributed by atoms with Crippen molar-refractivity contribution < 1.29 is 28.7 Å². The largest absolute Gasteiger partial charge is 0.481 e. The van der Waals surface area contributed by atoms with Crippen molar-refractivity contribution in [3.05, 3.63) is 99.1 Å². The van der Waals surface area contributed by atoms with E-state index in [0.717, 1.165) is 16.7 Å². The van der Waals surface area contributed by atoms with Crippen LogP contribution in [0.3, 0.4) is 0 Å².